The van der Waals surface area contributed by atoms with E-state index in [9.17, 15) is 5.11 Å². The number of pyridine rings is 1. The summed E-state index contributed by atoms with van der Waals surface area (Å²) in [4.78, 5) is 4.89. The zero-order chi connectivity index (χ0) is 20.7. The average Bonchev–Trinajstić information content (AvgIpc) is 2.90. The van der Waals surface area contributed by atoms with Gasteiger partial charge in [-0.05, 0) is 68.5 Å². The van der Waals surface area contributed by atoms with Gasteiger partial charge in [-0.15, -0.1) is 0 Å². The van der Waals surface area contributed by atoms with E-state index in [1.807, 2.05) is 18.3 Å². The van der Waals surface area contributed by atoms with Crippen LogP contribution >= 0.6 is 0 Å². The Morgan fingerprint density at radius 2 is 1.82 bits per heavy atom. The predicted molar refractivity (Wildman–Crippen MR) is 115 cm³/mol. The summed E-state index contributed by atoms with van der Waals surface area (Å²) in [6, 6.07) is 9.49. The monoisotopic (exact) mass is 381 g/mol. The Morgan fingerprint density at radius 1 is 1.11 bits per heavy atom. The molecule has 0 unspecified atom stereocenters. The van der Waals surface area contributed by atoms with Crippen LogP contribution < -0.4 is 10.1 Å². The van der Waals surface area contributed by atoms with Crippen LogP contribution in [0, 0.1) is 12.3 Å². The quantitative estimate of drug-likeness (QED) is 0.599. The maximum absolute atomic E-state index is 9.98. The van der Waals surface area contributed by atoms with Gasteiger partial charge < -0.3 is 15.2 Å². The van der Waals surface area contributed by atoms with Gasteiger partial charge in [0.2, 0.25) is 0 Å². The molecule has 0 aliphatic carbocycles. The molecule has 5 heteroatoms. The number of phenolic OH excluding ortho intramolecular Hbond substituents is 1. The molecule has 1 aromatic carbocycles. The van der Waals surface area contributed by atoms with Crippen molar-refractivity contribution in [3.63, 3.8) is 0 Å². The van der Waals surface area contributed by atoms with Crippen molar-refractivity contribution >= 4 is 11.5 Å². The van der Waals surface area contributed by atoms with Crippen LogP contribution in [0.3, 0.4) is 0 Å². The Labute approximate surface area is 167 Å². The Balaban J connectivity index is 2.16. The summed E-state index contributed by atoms with van der Waals surface area (Å²) in [5.41, 5.74) is 3.84. The number of hydrogen-bond acceptors (Lipinski definition) is 4. The number of nitrogens with one attached hydrogen (secondary N) is 1. The Hall–Kier alpha value is -2.69. The number of fused-ring (bicyclic) bond motifs is 1. The number of ether oxygens (including phenoxy) is 1. The number of rotatable bonds is 5. The molecule has 0 bridgehead atoms. The van der Waals surface area contributed by atoms with Gasteiger partial charge in [0, 0.05) is 17.3 Å². The molecule has 0 atom stereocenters. The van der Waals surface area contributed by atoms with Crippen molar-refractivity contribution in [1.82, 2.24) is 9.38 Å². The fraction of sp³-hybridized carbons (Fsp3) is 0.435. The third kappa shape index (κ3) is 4.24. The van der Waals surface area contributed by atoms with Crippen LogP contribution in [0.1, 0.15) is 46.6 Å². The third-order valence-corrected chi connectivity index (χ3v) is 4.66. The lowest BCUT2D eigenvalue weighted by molar-refractivity contribution is 0.302. The van der Waals surface area contributed by atoms with Crippen molar-refractivity contribution in [2.75, 3.05) is 12.4 Å². The molecule has 2 heterocycles. The topological polar surface area (TPSA) is 58.8 Å². The summed E-state index contributed by atoms with van der Waals surface area (Å²) in [5, 5.41) is 13.7. The van der Waals surface area contributed by atoms with E-state index in [4.69, 9.17) is 9.72 Å². The molecule has 0 saturated carbocycles. The second-order valence-corrected chi connectivity index (χ2v) is 9.37. The van der Waals surface area contributed by atoms with Gasteiger partial charge in [0.15, 0.2) is 11.5 Å². The number of anilines is 1. The molecule has 0 saturated heterocycles. The minimum absolute atomic E-state index is 0.119. The summed E-state index contributed by atoms with van der Waals surface area (Å²) in [5.74, 6) is 1.50. The lowest BCUT2D eigenvalue weighted by atomic mass is 9.82. The highest BCUT2D eigenvalue weighted by Gasteiger charge is 2.28. The van der Waals surface area contributed by atoms with Gasteiger partial charge in [0.25, 0.3) is 0 Å². The van der Waals surface area contributed by atoms with Crippen LogP contribution in [0.15, 0.2) is 36.5 Å². The van der Waals surface area contributed by atoms with E-state index < -0.39 is 0 Å². The molecular weight excluding hydrogens is 350 g/mol. The minimum atomic E-state index is -0.130. The fourth-order valence-electron chi connectivity index (χ4n) is 3.98. The second kappa shape index (κ2) is 7.04. The number of nitrogens with zero attached hydrogens (tertiary/aromatic N) is 2. The normalized spacial score (nSPS) is 12.4. The highest BCUT2D eigenvalue weighted by Crippen LogP contribution is 2.37. The number of aryl methyl sites for hydroxylation is 1. The SMILES string of the molecule is COc1cc(-c2nc3cc(C)ccn3c2NC(C)(C)CC(C)(C)C)ccc1O. The maximum atomic E-state index is 9.98. The van der Waals surface area contributed by atoms with E-state index in [2.05, 4.69) is 63.4 Å². The summed E-state index contributed by atoms with van der Waals surface area (Å²) >= 11 is 0. The van der Waals surface area contributed by atoms with Crippen LogP contribution in [0.2, 0.25) is 0 Å². The molecule has 2 aromatic heterocycles. The van der Waals surface area contributed by atoms with Gasteiger partial charge in [-0.25, -0.2) is 4.98 Å². The second-order valence-electron chi connectivity index (χ2n) is 9.37. The van der Waals surface area contributed by atoms with E-state index in [1.54, 1.807) is 13.2 Å². The molecule has 0 radical (unpaired) electrons. The Morgan fingerprint density at radius 3 is 2.46 bits per heavy atom. The van der Waals surface area contributed by atoms with Gasteiger partial charge >= 0.3 is 0 Å². The minimum Gasteiger partial charge on any atom is -0.504 e. The number of aromatic hydroxyl groups is 1. The van der Waals surface area contributed by atoms with E-state index in [-0.39, 0.29) is 16.7 Å². The first kappa shape index (κ1) is 20.1. The zero-order valence-electron chi connectivity index (χ0n) is 17.9. The molecule has 0 fully saturated rings. The Kier molecular flexibility index (Phi) is 5.04. The smallest absolute Gasteiger partial charge is 0.161 e. The van der Waals surface area contributed by atoms with Crippen molar-refractivity contribution in [2.45, 2.75) is 53.5 Å². The first-order valence-electron chi connectivity index (χ1n) is 9.63. The molecule has 5 nitrogen and oxygen atoms in total. The van der Waals surface area contributed by atoms with Crippen LogP contribution in [-0.2, 0) is 0 Å². The molecule has 3 aromatic rings. The molecular formula is C23H31N3O2. The Bertz CT molecular complexity index is 997. The molecule has 2 N–H and O–H groups in total. The molecule has 0 amide bonds. The highest BCUT2D eigenvalue weighted by atomic mass is 16.5. The summed E-state index contributed by atoms with van der Waals surface area (Å²) in [6.45, 7) is 13.2. The van der Waals surface area contributed by atoms with Crippen molar-refractivity contribution in [2.24, 2.45) is 5.41 Å². The predicted octanol–water partition coefficient (Wildman–Crippen LogP) is 5.65. The molecule has 0 spiro atoms. The molecule has 0 aliphatic heterocycles. The molecule has 0 aliphatic rings. The lowest BCUT2D eigenvalue weighted by Crippen LogP contribution is -2.36. The van der Waals surface area contributed by atoms with E-state index in [0.29, 0.717) is 5.75 Å². The number of benzene rings is 1. The third-order valence-electron chi connectivity index (χ3n) is 4.66. The average molecular weight is 382 g/mol. The summed E-state index contributed by atoms with van der Waals surface area (Å²) < 4.78 is 7.39. The number of aromatic nitrogens is 2. The van der Waals surface area contributed by atoms with Crippen LogP contribution in [0.5, 0.6) is 11.5 Å². The van der Waals surface area contributed by atoms with E-state index in [1.165, 1.54) is 0 Å². The lowest BCUT2D eigenvalue weighted by Gasteiger charge is -2.34. The van der Waals surface area contributed by atoms with Crippen molar-refractivity contribution in [3.05, 3.63) is 42.1 Å². The number of hydrogen-bond donors (Lipinski definition) is 2. The molecule has 150 valence electrons. The fourth-order valence-corrected chi connectivity index (χ4v) is 3.98. The number of methoxy groups -OCH3 is 1. The highest BCUT2D eigenvalue weighted by molar-refractivity contribution is 5.78. The largest absolute Gasteiger partial charge is 0.504 e. The number of imidazole rings is 1. The standard InChI is InChI=1S/C23H31N3O2/c1-15-10-11-26-19(12-15)24-20(16-8-9-17(27)18(13-16)28-7)21(26)25-23(5,6)14-22(2,3)4/h8-13,25,27H,14H2,1-7H3. The van der Waals surface area contributed by atoms with Crippen molar-refractivity contribution in [3.8, 4) is 22.8 Å². The van der Waals surface area contributed by atoms with Crippen LogP contribution in [-0.4, -0.2) is 27.1 Å². The summed E-state index contributed by atoms with van der Waals surface area (Å²) in [7, 11) is 1.55. The number of phenols is 1. The van der Waals surface area contributed by atoms with Gasteiger partial charge in [-0.1, -0.05) is 20.8 Å². The molecule has 3 rings (SSSR count). The molecule has 28 heavy (non-hydrogen) atoms. The van der Waals surface area contributed by atoms with E-state index in [0.717, 1.165) is 34.7 Å². The zero-order valence-corrected chi connectivity index (χ0v) is 17.9. The van der Waals surface area contributed by atoms with Crippen molar-refractivity contribution in [1.29, 1.82) is 0 Å². The van der Waals surface area contributed by atoms with Gasteiger partial charge in [-0.2, -0.15) is 0 Å². The van der Waals surface area contributed by atoms with E-state index >= 15 is 0 Å². The van der Waals surface area contributed by atoms with Gasteiger partial charge in [0.05, 0.1) is 7.11 Å². The van der Waals surface area contributed by atoms with Crippen LogP contribution in [0.4, 0.5) is 5.82 Å². The van der Waals surface area contributed by atoms with Crippen molar-refractivity contribution < 1.29 is 9.84 Å². The first-order chi connectivity index (χ1) is 13.0. The van der Waals surface area contributed by atoms with Gasteiger partial charge in [0.1, 0.15) is 17.2 Å². The van der Waals surface area contributed by atoms with Crippen LogP contribution in [0.25, 0.3) is 16.9 Å². The maximum Gasteiger partial charge on any atom is 0.161 e. The van der Waals surface area contributed by atoms with Gasteiger partial charge in [-0.3, -0.25) is 4.40 Å². The first-order valence-corrected chi connectivity index (χ1v) is 9.63. The summed E-state index contributed by atoms with van der Waals surface area (Å²) in [6.07, 6.45) is 3.05.